The average Bonchev–Trinajstić information content (AvgIpc) is 3.10. The van der Waals surface area contributed by atoms with Gasteiger partial charge in [-0.25, -0.2) is 13.8 Å². The van der Waals surface area contributed by atoms with Crippen LogP contribution in [0.2, 0.25) is 0 Å². The molecule has 0 aliphatic carbocycles. The third kappa shape index (κ3) is 3.33. The summed E-state index contributed by atoms with van der Waals surface area (Å²) in [4.78, 5) is 17.0. The molecule has 7 nitrogen and oxygen atoms in total. The van der Waals surface area contributed by atoms with Gasteiger partial charge >= 0.3 is 0 Å². The Morgan fingerprint density at radius 3 is 2.71 bits per heavy atom. The Kier molecular flexibility index (Phi) is 4.50. The fraction of sp³-hybridized carbons (Fsp3) is 0.136. The van der Waals surface area contributed by atoms with Crippen LogP contribution >= 0.6 is 0 Å². The lowest BCUT2D eigenvalue weighted by atomic mass is 9.85. The Hall–Kier alpha value is -4.01. The molecule has 2 aromatic carbocycles. The first kappa shape index (κ1) is 19.0. The first-order valence-electron chi connectivity index (χ1n) is 9.61. The summed E-state index contributed by atoms with van der Waals surface area (Å²) in [5.41, 5.74) is 2.90. The number of hydrogen-bond donors (Lipinski definition) is 1. The quantitative estimate of drug-likeness (QED) is 0.547. The van der Waals surface area contributed by atoms with Gasteiger partial charge in [-0.3, -0.25) is 4.79 Å². The summed E-state index contributed by atoms with van der Waals surface area (Å²) in [6.07, 6.45) is 1.56. The van der Waals surface area contributed by atoms with E-state index < -0.39 is 17.6 Å². The van der Waals surface area contributed by atoms with Crippen LogP contribution in [0.1, 0.15) is 29.2 Å². The first-order chi connectivity index (χ1) is 15.0. The van der Waals surface area contributed by atoms with Gasteiger partial charge < -0.3 is 5.32 Å². The molecule has 3 heterocycles. The van der Waals surface area contributed by atoms with Gasteiger partial charge in [-0.05, 0) is 18.6 Å². The van der Waals surface area contributed by atoms with E-state index in [9.17, 15) is 13.6 Å². The van der Waals surface area contributed by atoms with Crippen molar-refractivity contribution in [3.05, 3.63) is 83.2 Å². The molecule has 4 aromatic rings. The Balaban J connectivity index is 1.64. The molecule has 2 aromatic heterocycles. The molecular weight excluding hydrogens is 402 g/mol. The number of nitrogens with one attached hydrogen (secondary N) is 1. The zero-order chi connectivity index (χ0) is 21.5. The summed E-state index contributed by atoms with van der Waals surface area (Å²) in [6, 6.07) is 12.8. The number of rotatable bonds is 3. The molecule has 31 heavy (non-hydrogen) atoms. The largest absolute Gasteiger partial charge is 0.310 e. The zero-order valence-corrected chi connectivity index (χ0v) is 16.4. The van der Waals surface area contributed by atoms with E-state index in [4.69, 9.17) is 0 Å². The Morgan fingerprint density at radius 1 is 1.13 bits per heavy atom. The molecule has 154 valence electrons. The standard InChI is InChI=1S/C22H16F2N6O/c1-12-20-16(15-8-7-14(23)9-17(15)24)10-19(31)27-21(20)30(29-12)22-26-18(11-25-28-22)13-5-3-2-4-6-13/h2-9,11,16H,10H2,1H3,(H,27,31). The van der Waals surface area contributed by atoms with Gasteiger partial charge in [0.25, 0.3) is 5.95 Å². The fourth-order valence-electron chi connectivity index (χ4n) is 3.87. The summed E-state index contributed by atoms with van der Waals surface area (Å²) in [5, 5.41) is 15.4. The highest BCUT2D eigenvalue weighted by Gasteiger charge is 2.34. The van der Waals surface area contributed by atoms with E-state index in [2.05, 4.69) is 25.6 Å². The summed E-state index contributed by atoms with van der Waals surface area (Å²) < 4.78 is 29.3. The molecule has 1 N–H and O–H groups in total. The summed E-state index contributed by atoms with van der Waals surface area (Å²) in [5.74, 6) is -1.77. The van der Waals surface area contributed by atoms with Gasteiger partial charge in [0.1, 0.15) is 17.5 Å². The average molecular weight is 418 g/mol. The number of aryl methyl sites for hydroxylation is 1. The SMILES string of the molecule is Cc1nn(-c2nncc(-c3ccccc3)n2)c2c1C(c1ccc(F)cc1F)CC(=O)N2. The van der Waals surface area contributed by atoms with Crippen molar-refractivity contribution in [2.45, 2.75) is 19.3 Å². The van der Waals surface area contributed by atoms with Crippen LogP contribution in [0.5, 0.6) is 0 Å². The van der Waals surface area contributed by atoms with E-state index >= 15 is 0 Å². The molecule has 5 rings (SSSR count). The maximum absolute atomic E-state index is 14.5. The minimum Gasteiger partial charge on any atom is -0.310 e. The molecule has 1 atom stereocenters. The molecule has 1 aliphatic rings. The lowest BCUT2D eigenvalue weighted by molar-refractivity contribution is -0.116. The zero-order valence-electron chi connectivity index (χ0n) is 16.4. The van der Waals surface area contributed by atoms with E-state index in [1.807, 2.05) is 30.3 Å². The van der Waals surface area contributed by atoms with Crippen LogP contribution in [0, 0.1) is 18.6 Å². The highest BCUT2D eigenvalue weighted by molar-refractivity contribution is 5.95. The first-order valence-corrected chi connectivity index (χ1v) is 9.61. The number of carbonyl (C=O) groups excluding carboxylic acids is 1. The smallest absolute Gasteiger partial charge is 0.272 e. The predicted octanol–water partition coefficient (Wildman–Crippen LogP) is 3.79. The van der Waals surface area contributed by atoms with Crippen LogP contribution in [0.15, 0.2) is 54.7 Å². The van der Waals surface area contributed by atoms with Crippen molar-refractivity contribution in [1.82, 2.24) is 25.0 Å². The number of nitrogens with zero attached hydrogens (tertiary/aromatic N) is 5. The Bertz CT molecular complexity index is 1300. The van der Waals surface area contributed by atoms with Crippen LogP contribution in [0.4, 0.5) is 14.6 Å². The lowest BCUT2D eigenvalue weighted by Gasteiger charge is -2.24. The summed E-state index contributed by atoms with van der Waals surface area (Å²) >= 11 is 0. The van der Waals surface area contributed by atoms with Crippen molar-refractivity contribution in [3.8, 4) is 17.2 Å². The molecule has 1 aliphatic heterocycles. The van der Waals surface area contributed by atoms with Gasteiger partial charge in [-0.1, -0.05) is 36.4 Å². The normalized spacial score (nSPS) is 15.5. The molecule has 1 amide bonds. The van der Waals surface area contributed by atoms with Crippen LogP contribution < -0.4 is 5.32 Å². The second-order valence-corrected chi connectivity index (χ2v) is 7.24. The number of hydrogen-bond acceptors (Lipinski definition) is 5. The molecule has 0 saturated carbocycles. The molecule has 0 spiro atoms. The number of halogens is 2. The second kappa shape index (κ2) is 7.35. The number of benzene rings is 2. The molecular formula is C22H16F2N6O. The number of anilines is 1. The Morgan fingerprint density at radius 2 is 1.94 bits per heavy atom. The van der Waals surface area contributed by atoms with Crippen molar-refractivity contribution in [1.29, 1.82) is 0 Å². The molecule has 0 fully saturated rings. The van der Waals surface area contributed by atoms with E-state index in [1.54, 1.807) is 6.92 Å². The molecule has 9 heteroatoms. The summed E-state index contributed by atoms with van der Waals surface area (Å²) in [7, 11) is 0. The Labute approximate surface area is 175 Å². The van der Waals surface area contributed by atoms with Crippen molar-refractivity contribution >= 4 is 11.7 Å². The summed E-state index contributed by atoms with van der Waals surface area (Å²) in [6.45, 7) is 1.76. The van der Waals surface area contributed by atoms with Gasteiger partial charge in [-0.2, -0.15) is 14.9 Å². The van der Waals surface area contributed by atoms with Gasteiger partial charge in [-0.15, -0.1) is 5.10 Å². The third-order valence-corrected chi connectivity index (χ3v) is 5.25. The molecule has 0 bridgehead atoms. The van der Waals surface area contributed by atoms with E-state index in [1.165, 1.54) is 23.0 Å². The van der Waals surface area contributed by atoms with Gasteiger partial charge in [0.2, 0.25) is 5.91 Å². The fourth-order valence-corrected chi connectivity index (χ4v) is 3.87. The third-order valence-electron chi connectivity index (χ3n) is 5.25. The highest BCUT2D eigenvalue weighted by atomic mass is 19.1. The van der Waals surface area contributed by atoms with Gasteiger partial charge in [0.05, 0.1) is 17.6 Å². The number of carbonyl (C=O) groups is 1. The van der Waals surface area contributed by atoms with E-state index in [0.717, 1.165) is 11.6 Å². The van der Waals surface area contributed by atoms with Crippen LogP contribution in [-0.4, -0.2) is 30.9 Å². The number of amides is 1. The second-order valence-electron chi connectivity index (χ2n) is 7.24. The van der Waals surface area contributed by atoms with Gasteiger partial charge in [0, 0.05) is 29.5 Å². The minimum atomic E-state index is -0.707. The topological polar surface area (TPSA) is 85.6 Å². The van der Waals surface area contributed by atoms with Crippen LogP contribution in [0.25, 0.3) is 17.2 Å². The number of aromatic nitrogens is 5. The monoisotopic (exact) mass is 418 g/mol. The highest BCUT2D eigenvalue weighted by Crippen LogP contribution is 2.40. The predicted molar refractivity (Wildman–Crippen MR) is 109 cm³/mol. The molecule has 0 saturated heterocycles. The van der Waals surface area contributed by atoms with Crippen molar-refractivity contribution < 1.29 is 13.6 Å². The maximum Gasteiger partial charge on any atom is 0.272 e. The lowest BCUT2D eigenvalue weighted by Crippen LogP contribution is -2.25. The van der Waals surface area contributed by atoms with E-state index in [-0.39, 0.29) is 23.8 Å². The van der Waals surface area contributed by atoms with Crippen molar-refractivity contribution in [2.24, 2.45) is 0 Å². The molecule has 1 unspecified atom stereocenters. The minimum absolute atomic E-state index is 0.0191. The maximum atomic E-state index is 14.5. The van der Waals surface area contributed by atoms with Crippen LogP contribution in [-0.2, 0) is 4.79 Å². The van der Waals surface area contributed by atoms with Gasteiger partial charge in [0.15, 0.2) is 0 Å². The van der Waals surface area contributed by atoms with Crippen molar-refractivity contribution in [2.75, 3.05) is 5.32 Å². The number of fused-ring (bicyclic) bond motifs is 1. The van der Waals surface area contributed by atoms with Crippen LogP contribution in [0.3, 0.4) is 0 Å². The molecule has 0 radical (unpaired) electrons. The van der Waals surface area contributed by atoms with E-state index in [0.29, 0.717) is 22.8 Å². The van der Waals surface area contributed by atoms with Crippen molar-refractivity contribution in [3.63, 3.8) is 0 Å².